The second-order valence-electron chi connectivity index (χ2n) is 13.0. The zero-order chi connectivity index (χ0) is 35.2. The predicted octanol–water partition coefficient (Wildman–Crippen LogP) is 3.69. The van der Waals surface area contributed by atoms with Crippen molar-refractivity contribution < 1.29 is 24.9 Å². The van der Waals surface area contributed by atoms with Gasteiger partial charge in [0.2, 0.25) is 5.95 Å². The largest absolute Gasteiger partial charge is 0.483 e. The summed E-state index contributed by atoms with van der Waals surface area (Å²) in [5.74, 6) is 2.11. The molecule has 4 atom stereocenters. The predicted molar refractivity (Wildman–Crippen MR) is 186 cm³/mol. The maximum absolute atomic E-state index is 11.2. The Bertz CT molecular complexity index is 1790. The number of hydrogen-bond donors (Lipinski definition) is 7. The number of nitrogens with zero attached hydrogens (tertiary/aromatic N) is 6. The van der Waals surface area contributed by atoms with E-state index in [2.05, 4.69) is 50.1 Å². The Labute approximate surface area is 289 Å². The van der Waals surface area contributed by atoms with Crippen LogP contribution in [0.15, 0.2) is 67.0 Å². The van der Waals surface area contributed by atoms with Crippen LogP contribution in [0.2, 0.25) is 0 Å². The van der Waals surface area contributed by atoms with Crippen LogP contribution in [0.4, 0.5) is 11.8 Å². The minimum Gasteiger partial charge on any atom is -0.483 e. The molecule has 50 heavy (non-hydrogen) atoms. The lowest BCUT2D eigenvalue weighted by Crippen LogP contribution is -2.33. The number of imidazole rings is 1. The monoisotopic (exact) mass is 684 g/mol. The van der Waals surface area contributed by atoms with Crippen molar-refractivity contribution in [2.75, 3.05) is 17.2 Å². The van der Waals surface area contributed by atoms with Crippen LogP contribution in [-0.2, 0) is 9.53 Å². The van der Waals surface area contributed by atoms with E-state index in [-0.39, 0.29) is 30.4 Å². The highest BCUT2D eigenvalue weighted by Crippen LogP contribution is 2.39. The average molecular weight is 685 g/mol. The summed E-state index contributed by atoms with van der Waals surface area (Å²) in [5, 5.41) is 43.4. The molecular formula is C35H44N10O5. The van der Waals surface area contributed by atoms with Gasteiger partial charge in [-0.15, -0.1) is 0 Å². The van der Waals surface area contributed by atoms with Crippen molar-refractivity contribution >= 4 is 29.4 Å². The van der Waals surface area contributed by atoms with Gasteiger partial charge in [-0.05, 0) is 36.8 Å². The number of carboxylic acid groups (broad SMARTS) is 1. The van der Waals surface area contributed by atoms with E-state index in [9.17, 15) is 10.2 Å². The number of rotatable bonds is 10. The number of anilines is 2. The summed E-state index contributed by atoms with van der Waals surface area (Å²) in [5.41, 5.74) is 9.51. The van der Waals surface area contributed by atoms with Crippen molar-refractivity contribution in [1.82, 2.24) is 34.7 Å². The van der Waals surface area contributed by atoms with Crippen LogP contribution in [0.1, 0.15) is 86.5 Å². The third-order valence-electron chi connectivity index (χ3n) is 9.22. The number of nitrogens with one attached hydrogen (secondary N) is 3. The van der Waals surface area contributed by atoms with Gasteiger partial charge in [-0.1, -0.05) is 74.5 Å². The van der Waals surface area contributed by atoms with Gasteiger partial charge in [0.1, 0.15) is 18.3 Å². The van der Waals surface area contributed by atoms with Gasteiger partial charge in [-0.2, -0.15) is 15.1 Å². The molecule has 0 amide bonds. The molecule has 4 heterocycles. The van der Waals surface area contributed by atoms with Gasteiger partial charge in [0.05, 0.1) is 6.33 Å². The number of hydrogen-bond acceptors (Lipinski definition) is 12. The lowest BCUT2D eigenvalue weighted by molar-refractivity contribution is -0.122. The number of aromatic nitrogens is 7. The zero-order valence-electron chi connectivity index (χ0n) is 28.0. The number of fused-ring (bicyclic) bond motifs is 1. The van der Waals surface area contributed by atoms with E-state index in [0.717, 1.165) is 25.7 Å². The van der Waals surface area contributed by atoms with Crippen LogP contribution >= 0.6 is 0 Å². The molecule has 15 nitrogen and oxygen atoms in total. The van der Waals surface area contributed by atoms with E-state index in [1.54, 1.807) is 10.9 Å². The van der Waals surface area contributed by atoms with Gasteiger partial charge in [0.25, 0.3) is 6.47 Å². The quantitative estimate of drug-likeness (QED) is 0.104. The summed E-state index contributed by atoms with van der Waals surface area (Å²) in [6, 6.07) is 21.1. The highest BCUT2D eigenvalue weighted by molar-refractivity contribution is 5.84. The first-order valence-electron chi connectivity index (χ1n) is 16.9. The summed E-state index contributed by atoms with van der Waals surface area (Å²) in [6.07, 6.45) is 0.874. The van der Waals surface area contributed by atoms with Crippen molar-refractivity contribution in [1.29, 1.82) is 0 Å². The SMILES string of the molecule is CC(C)c1n[nH]c([C@H]2O[C@@H](n3cnc4c(NCC(c5ccccc5)c5ccccc5)nc(NC5CCC(N)CC5)nc43)[C@H](O)[C@@H]2O)n1.O=CO. The second kappa shape index (κ2) is 15.7. The van der Waals surface area contributed by atoms with Crippen LogP contribution in [0.3, 0.4) is 0 Å². The van der Waals surface area contributed by atoms with Crippen LogP contribution in [0.25, 0.3) is 11.2 Å². The number of aliphatic hydroxyl groups excluding tert-OH is 2. The Kier molecular flexibility index (Phi) is 11.0. The first-order chi connectivity index (χ1) is 24.3. The number of H-pyrrole nitrogens is 1. The first kappa shape index (κ1) is 34.9. The van der Waals surface area contributed by atoms with Crippen molar-refractivity contribution in [3.05, 3.63) is 89.8 Å². The second-order valence-corrected chi connectivity index (χ2v) is 13.0. The Morgan fingerprint density at radius 3 is 2.22 bits per heavy atom. The summed E-state index contributed by atoms with van der Waals surface area (Å²) >= 11 is 0. The van der Waals surface area contributed by atoms with E-state index in [0.29, 0.717) is 41.1 Å². The summed E-state index contributed by atoms with van der Waals surface area (Å²) in [6.45, 7) is 4.27. The van der Waals surface area contributed by atoms with Crippen molar-refractivity contribution in [2.45, 2.75) is 88.0 Å². The number of ether oxygens (including phenoxy) is 1. The fraction of sp³-hybridized carbons (Fsp3) is 0.429. The Morgan fingerprint density at radius 1 is 0.980 bits per heavy atom. The molecule has 1 saturated heterocycles. The average Bonchev–Trinajstić information content (AvgIpc) is 3.85. The molecule has 0 unspecified atom stereocenters. The maximum atomic E-state index is 11.2. The number of aromatic amines is 1. The van der Waals surface area contributed by atoms with E-state index < -0.39 is 24.5 Å². The number of aliphatic hydroxyl groups is 2. The van der Waals surface area contributed by atoms with Crippen molar-refractivity contribution in [3.8, 4) is 0 Å². The van der Waals surface area contributed by atoms with Gasteiger partial charge in [-0.3, -0.25) is 14.5 Å². The molecule has 1 aliphatic heterocycles. The fourth-order valence-corrected chi connectivity index (χ4v) is 6.52. The molecule has 0 bridgehead atoms. The topological polar surface area (TPSA) is 222 Å². The van der Waals surface area contributed by atoms with E-state index >= 15 is 0 Å². The highest BCUT2D eigenvalue weighted by Gasteiger charge is 2.46. The van der Waals surface area contributed by atoms with Gasteiger partial charge < -0.3 is 36.4 Å². The van der Waals surface area contributed by atoms with Crippen LogP contribution in [0, 0.1) is 0 Å². The van der Waals surface area contributed by atoms with Crippen molar-refractivity contribution in [2.24, 2.45) is 5.73 Å². The normalized spacial score (nSPS) is 23.5. The lowest BCUT2D eigenvalue weighted by atomic mass is 9.91. The molecule has 1 aliphatic carbocycles. The molecule has 264 valence electrons. The number of nitrogens with two attached hydrogens (primary N) is 1. The summed E-state index contributed by atoms with van der Waals surface area (Å²) in [4.78, 5) is 27.3. The molecule has 2 aliphatic rings. The van der Waals surface area contributed by atoms with Gasteiger partial charge in [-0.25, -0.2) is 9.97 Å². The summed E-state index contributed by atoms with van der Waals surface area (Å²) in [7, 11) is 0. The molecular weight excluding hydrogens is 640 g/mol. The van der Waals surface area contributed by atoms with Gasteiger partial charge in [0.15, 0.2) is 34.9 Å². The molecule has 5 aromatic rings. The van der Waals surface area contributed by atoms with Gasteiger partial charge >= 0.3 is 0 Å². The van der Waals surface area contributed by atoms with Gasteiger partial charge in [0, 0.05) is 30.5 Å². The lowest BCUT2D eigenvalue weighted by Gasteiger charge is -2.27. The van der Waals surface area contributed by atoms with E-state index in [1.807, 2.05) is 50.2 Å². The minimum absolute atomic E-state index is 0.0503. The van der Waals surface area contributed by atoms with Crippen LogP contribution in [-0.4, -0.2) is 87.3 Å². The Morgan fingerprint density at radius 2 is 1.62 bits per heavy atom. The molecule has 2 fully saturated rings. The molecule has 2 aromatic carbocycles. The number of benzene rings is 2. The third-order valence-corrected chi connectivity index (χ3v) is 9.22. The molecule has 0 spiro atoms. The Hall–Kier alpha value is -4.96. The molecule has 15 heteroatoms. The third kappa shape index (κ3) is 7.60. The molecule has 8 N–H and O–H groups in total. The molecule has 7 rings (SSSR count). The fourth-order valence-electron chi connectivity index (χ4n) is 6.52. The van der Waals surface area contributed by atoms with E-state index in [1.165, 1.54) is 11.1 Å². The molecule has 3 aromatic heterocycles. The van der Waals surface area contributed by atoms with Crippen LogP contribution in [0.5, 0.6) is 0 Å². The smallest absolute Gasteiger partial charge is 0.290 e. The highest BCUT2D eigenvalue weighted by atomic mass is 16.6. The first-order valence-corrected chi connectivity index (χ1v) is 16.9. The standard InChI is InChI=1S/C34H42N10O3.CH2O2/c1-19(2)29-39-31(43-42-29)28-26(45)27(46)33(47-28)44-18-37-25-30(40-34(41-32(25)44)38-23-15-13-22(35)14-16-23)36-17-24(20-9-5-3-6-10-20)21-11-7-4-8-12-21;2-1-3/h3-12,18-19,22-24,26-28,33,45-46H,13-17,35H2,1-2H3,(H,39,42,43)(H2,36,38,40,41);1H,(H,2,3)/t22?,23?,26-,27+,28-,33+;/m0./s1. The van der Waals surface area contributed by atoms with Crippen molar-refractivity contribution in [3.63, 3.8) is 0 Å². The number of carbonyl (C=O) groups is 1. The van der Waals surface area contributed by atoms with Crippen LogP contribution < -0.4 is 16.4 Å². The maximum Gasteiger partial charge on any atom is 0.290 e. The molecule has 1 saturated carbocycles. The molecule has 0 radical (unpaired) electrons. The minimum atomic E-state index is -1.27. The Balaban J connectivity index is 0.00000139. The summed E-state index contributed by atoms with van der Waals surface area (Å²) < 4.78 is 7.90. The zero-order valence-corrected chi connectivity index (χ0v) is 28.0. The van der Waals surface area contributed by atoms with E-state index in [4.69, 9.17) is 35.3 Å².